The maximum absolute atomic E-state index is 13.8. The molecule has 0 aliphatic heterocycles. The molecule has 0 amide bonds. The molecule has 270 valence electrons. The van der Waals surface area contributed by atoms with Crippen LogP contribution < -0.4 is 0 Å². The highest BCUT2D eigenvalue weighted by molar-refractivity contribution is 6.37. The number of alkyl halides is 9. The number of aliphatic hydroxyl groups is 1. The summed E-state index contributed by atoms with van der Waals surface area (Å²) in [5.41, 5.74) is -1.62. The third-order valence-electron chi connectivity index (χ3n) is 7.72. The van der Waals surface area contributed by atoms with Crippen LogP contribution in [0.4, 0.5) is 39.5 Å². The number of aromatic nitrogens is 2. The van der Waals surface area contributed by atoms with Gasteiger partial charge in [0, 0.05) is 48.0 Å². The number of Topliss-reactive ketones (excluding diaryl/α,β-unsaturated/α-hetero) is 1. The first-order valence-electron chi connectivity index (χ1n) is 15.1. The highest BCUT2D eigenvalue weighted by atomic mass is 35.5. The van der Waals surface area contributed by atoms with E-state index in [2.05, 4.69) is 0 Å². The molecule has 6 nitrogen and oxygen atoms in total. The van der Waals surface area contributed by atoms with Crippen molar-refractivity contribution in [1.29, 1.82) is 0 Å². The fourth-order valence-corrected chi connectivity index (χ4v) is 6.71. The summed E-state index contributed by atoms with van der Waals surface area (Å²) < 4.78 is 121. The van der Waals surface area contributed by atoms with Gasteiger partial charge in [-0.3, -0.25) is 9.18 Å². The molecule has 0 saturated heterocycles. The Labute approximate surface area is 285 Å². The van der Waals surface area contributed by atoms with Crippen LogP contribution in [0.25, 0.3) is 21.8 Å². The fraction of sp³-hybridized carbons (Fsp3) is 0.438. The van der Waals surface area contributed by atoms with Gasteiger partial charge in [0.2, 0.25) is 0 Å². The van der Waals surface area contributed by atoms with Gasteiger partial charge in [-0.25, -0.2) is 13.6 Å². The Morgan fingerprint density at radius 3 is 1.78 bits per heavy atom. The number of benzene rings is 2. The summed E-state index contributed by atoms with van der Waals surface area (Å²) in [5, 5.41) is 20.1. The van der Waals surface area contributed by atoms with E-state index in [0.717, 1.165) is 21.5 Å². The van der Waals surface area contributed by atoms with E-state index in [-0.39, 0.29) is 68.7 Å². The van der Waals surface area contributed by atoms with Crippen LogP contribution in [0.1, 0.15) is 61.1 Å². The van der Waals surface area contributed by atoms with Crippen molar-refractivity contribution in [2.45, 2.75) is 76.0 Å². The van der Waals surface area contributed by atoms with Crippen LogP contribution in [0.15, 0.2) is 48.8 Å². The van der Waals surface area contributed by atoms with Crippen molar-refractivity contribution in [2.24, 2.45) is 5.92 Å². The predicted octanol–water partition coefficient (Wildman–Crippen LogP) is 10.1. The molecule has 0 radical (unpaired) electrons. The maximum Gasteiger partial charge on any atom is 0.406 e. The lowest BCUT2D eigenvalue weighted by Crippen LogP contribution is -2.44. The van der Waals surface area contributed by atoms with Crippen LogP contribution in [-0.2, 0) is 13.1 Å². The van der Waals surface area contributed by atoms with E-state index < -0.39 is 68.2 Å². The molecule has 0 spiro atoms. The van der Waals surface area contributed by atoms with Crippen LogP contribution in [-0.4, -0.2) is 62.1 Å². The van der Waals surface area contributed by atoms with Gasteiger partial charge >= 0.3 is 18.3 Å². The first-order chi connectivity index (χ1) is 23.0. The first-order valence-corrected chi connectivity index (χ1v) is 15.2. The average molecular weight is 751 g/mol. The topological polar surface area (TPSA) is 84.5 Å². The molecule has 0 bridgehead atoms. The fourth-order valence-electron chi connectivity index (χ4n) is 6.17. The number of aromatic carboxylic acids is 1. The van der Waals surface area contributed by atoms with Gasteiger partial charge in [0.15, 0.2) is 5.78 Å². The van der Waals surface area contributed by atoms with Gasteiger partial charge in [-0.05, 0) is 43.0 Å². The number of ketones is 1. The average Bonchev–Trinajstić information content (AvgIpc) is 3.50. The van der Waals surface area contributed by atoms with Crippen molar-refractivity contribution >= 4 is 56.8 Å². The molecule has 1 saturated carbocycles. The smallest absolute Gasteiger partial charge is 0.406 e. The first kappa shape index (κ1) is 38.4. The largest absolute Gasteiger partial charge is 0.478 e. The summed E-state index contributed by atoms with van der Waals surface area (Å²) >= 11 is 12.0. The minimum Gasteiger partial charge on any atom is -0.478 e. The van der Waals surface area contributed by atoms with Crippen molar-refractivity contribution in [2.75, 3.05) is 7.15 Å². The molecule has 2 aromatic carbocycles. The molecule has 4 aromatic rings. The quantitative estimate of drug-likeness (QED) is 0.146. The Morgan fingerprint density at radius 2 is 1.35 bits per heavy atom. The molecule has 17 heteroatoms. The second-order valence-electron chi connectivity index (χ2n) is 11.8. The molecule has 2 heterocycles. The summed E-state index contributed by atoms with van der Waals surface area (Å²) in [7, 11) is -1.00. The molecule has 5 rings (SSSR count). The van der Waals surface area contributed by atoms with E-state index in [1.54, 1.807) is 6.92 Å². The summed E-state index contributed by atoms with van der Waals surface area (Å²) in [6.07, 6.45) is -8.24. The molecule has 2 N–H and O–H groups in total. The minimum atomic E-state index is -4.49. The zero-order chi connectivity index (χ0) is 37.8. The number of fused-ring (bicyclic) bond motifs is 2. The van der Waals surface area contributed by atoms with Gasteiger partial charge in [-0.15, -0.1) is 0 Å². The third-order valence-corrected chi connectivity index (χ3v) is 8.35. The second-order valence-corrected chi connectivity index (χ2v) is 12.7. The lowest BCUT2D eigenvalue weighted by atomic mass is 9.74. The van der Waals surface area contributed by atoms with Gasteiger partial charge in [-0.1, -0.05) is 42.3 Å². The lowest BCUT2D eigenvalue weighted by molar-refractivity contribution is -0.142. The molecule has 49 heavy (non-hydrogen) atoms. The van der Waals surface area contributed by atoms with Crippen LogP contribution in [0.3, 0.4) is 0 Å². The molecule has 2 atom stereocenters. The van der Waals surface area contributed by atoms with Gasteiger partial charge in [-0.2, -0.15) is 26.3 Å². The Morgan fingerprint density at radius 1 is 0.898 bits per heavy atom. The third kappa shape index (κ3) is 10.3. The van der Waals surface area contributed by atoms with Crippen molar-refractivity contribution < 1.29 is 60.7 Å². The van der Waals surface area contributed by atoms with E-state index in [0.29, 0.717) is 0 Å². The number of halogens is 11. The Bertz CT molecular complexity index is 1830. The van der Waals surface area contributed by atoms with Crippen LogP contribution in [0, 0.1) is 5.92 Å². The van der Waals surface area contributed by atoms with Gasteiger partial charge in [0.05, 0.1) is 40.8 Å². The number of nitrogens with zero attached hydrogens (tertiary/aromatic N) is 2. The van der Waals surface area contributed by atoms with E-state index in [4.69, 9.17) is 29.7 Å². The molecule has 1 aliphatic rings. The second kappa shape index (κ2) is 15.2. The van der Waals surface area contributed by atoms with Crippen LogP contribution in [0.2, 0.25) is 10.0 Å². The monoisotopic (exact) mass is 749 g/mol. The molecule has 2 aromatic heterocycles. The lowest BCUT2D eigenvalue weighted by Gasteiger charge is -2.39. The van der Waals surface area contributed by atoms with E-state index in [1.807, 2.05) is 0 Å². The summed E-state index contributed by atoms with van der Waals surface area (Å²) in [6.45, 7) is -0.924. The molecule has 1 aliphatic carbocycles. The number of carboxylic acid groups (broad SMARTS) is 1. The SMILES string of the molecule is CC1CC(F)(F)CC(O)(CCC(=O)c2cn(CC(F)(F)F)c3cccc(Cl)c23)C1.O=C(O)c1cn(CC(F)(F)F)c2cccc(Cl)c12.[2H]CF. The maximum atomic E-state index is 13.8. The van der Waals surface area contributed by atoms with Gasteiger partial charge < -0.3 is 19.3 Å². The van der Waals surface area contributed by atoms with Crippen molar-refractivity contribution in [1.82, 2.24) is 9.13 Å². The van der Waals surface area contributed by atoms with Gasteiger partial charge in [0.1, 0.15) is 13.1 Å². The standard InChI is InChI=1S/C20H21ClF5NO2.C11H7ClF3NO2.CH3F/c1-12-7-18(29,10-19(22,23)8-12)6-5-16(28)13-9-27(11-20(24,25)26)15-4-2-3-14(21)17(13)15;12-7-2-1-3-8-9(7)6(10(17)18)4-16(8)5-11(13,14)15;1-2/h2-4,9,12,29H,5-8,10-11H2,1H3;1-4H,5H2,(H,17,18);1H3/i;;1D. The number of carbonyl (C=O) groups excluding carboxylic acids is 1. The highest BCUT2D eigenvalue weighted by Gasteiger charge is 2.47. The molecule has 1 fully saturated rings. The number of hydrogen-bond acceptors (Lipinski definition) is 3. The zero-order valence-corrected chi connectivity index (χ0v) is 27.1. The van der Waals surface area contributed by atoms with E-state index in [9.17, 15) is 54.2 Å². The van der Waals surface area contributed by atoms with Crippen LogP contribution >= 0.6 is 23.2 Å². The molecule has 2 unspecified atom stereocenters. The molecular formula is C32H31Cl2F9N2O4. The highest BCUT2D eigenvalue weighted by Crippen LogP contribution is 2.44. The number of rotatable bonds is 7. The predicted molar refractivity (Wildman–Crippen MR) is 166 cm³/mol. The summed E-state index contributed by atoms with van der Waals surface area (Å²) in [5.74, 6) is -5.27. The Balaban J connectivity index is 0.000000275. The van der Waals surface area contributed by atoms with E-state index >= 15 is 0 Å². The van der Waals surface area contributed by atoms with Gasteiger partial charge in [0.25, 0.3) is 5.92 Å². The number of carboxylic acids is 1. The zero-order valence-electron chi connectivity index (χ0n) is 26.6. The van der Waals surface area contributed by atoms with Crippen molar-refractivity contribution in [3.8, 4) is 0 Å². The normalized spacial score (nSPS) is 19.4. The van der Waals surface area contributed by atoms with Crippen molar-refractivity contribution in [3.63, 3.8) is 0 Å². The minimum absolute atomic E-state index is 0.00549. The number of carbonyl (C=O) groups is 2. The van der Waals surface area contributed by atoms with E-state index in [1.165, 1.54) is 36.4 Å². The summed E-state index contributed by atoms with van der Waals surface area (Å²) in [4.78, 5) is 23.8. The summed E-state index contributed by atoms with van der Waals surface area (Å²) in [6, 6.07) is 8.70. The Kier molecular flexibility index (Phi) is 11.9. The van der Waals surface area contributed by atoms with Crippen LogP contribution in [0.5, 0.6) is 0 Å². The Hall–Kier alpha value is -3.43. The van der Waals surface area contributed by atoms with Crippen molar-refractivity contribution in [3.05, 3.63) is 70.0 Å². The number of hydrogen-bond donors (Lipinski definition) is 2. The molecular weight excluding hydrogens is 718 g/mol.